The number of esters is 1. The van der Waals surface area contributed by atoms with Crippen LogP contribution in [0.1, 0.15) is 42.4 Å². The van der Waals surface area contributed by atoms with E-state index in [0.717, 1.165) is 29.3 Å². The van der Waals surface area contributed by atoms with Gasteiger partial charge in [0.2, 0.25) is 0 Å². The molecule has 0 amide bonds. The van der Waals surface area contributed by atoms with Crippen LogP contribution in [-0.4, -0.2) is 17.6 Å². The summed E-state index contributed by atoms with van der Waals surface area (Å²) in [6.45, 7) is 6.40. The predicted molar refractivity (Wildman–Crippen MR) is 73.0 cm³/mol. The van der Waals surface area contributed by atoms with E-state index < -0.39 is 0 Å². The molecule has 0 aliphatic rings. The van der Waals surface area contributed by atoms with E-state index in [1.165, 1.54) is 5.56 Å². The second kappa shape index (κ2) is 5.25. The molecule has 96 valence electrons. The molecule has 1 N–H and O–H groups in total. The zero-order chi connectivity index (χ0) is 13.1. The molecule has 2 aromatic rings. The highest BCUT2D eigenvalue weighted by molar-refractivity contribution is 5.98. The topological polar surface area (TPSA) is 42.1 Å². The Hall–Kier alpha value is -1.77. The third-order valence-electron chi connectivity index (χ3n) is 3.21. The van der Waals surface area contributed by atoms with Crippen molar-refractivity contribution in [2.24, 2.45) is 0 Å². The van der Waals surface area contributed by atoms with Gasteiger partial charge in [0.05, 0.1) is 6.61 Å². The van der Waals surface area contributed by atoms with Crippen LogP contribution in [0.2, 0.25) is 0 Å². The van der Waals surface area contributed by atoms with Crippen LogP contribution in [0.5, 0.6) is 0 Å². The van der Waals surface area contributed by atoms with Gasteiger partial charge in [-0.2, -0.15) is 0 Å². The second-order valence-electron chi connectivity index (χ2n) is 4.29. The fraction of sp³-hybridized carbons (Fsp3) is 0.400. The first-order valence-electron chi connectivity index (χ1n) is 6.51. The number of aryl methyl sites for hydroxylation is 2. The summed E-state index contributed by atoms with van der Waals surface area (Å²) in [5.41, 5.74) is 3.93. The molecule has 0 saturated carbocycles. The van der Waals surface area contributed by atoms with Crippen molar-refractivity contribution < 1.29 is 9.53 Å². The predicted octanol–water partition coefficient (Wildman–Crippen LogP) is 3.47. The summed E-state index contributed by atoms with van der Waals surface area (Å²) in [6, 6.07) is 6.31. The van der Waals surface area contributed by atoms with Crippen LogP contribution in [-0.2, 0) is 17.6 Å². The number of ether oxygens (including phenoxy) is 1. The van der Waals surface area contributed by atoms with E-state index in [9.17, 15) is 4.79 Å². The molecule has 3 heteroatoms. The number of carbonyl (C=O) groups is 1. The summed E-state index contributed by atoms with van der Waals surface area (Å²) in [7, 11) is 0. The van der Waals surface area contributed by atoms with Crippen molar-refractivity contribution >= 4 is 16.9 Å². The van der Waals surface area contributed by atoms with Crippen LogP contribution in [0, 0.1) is 0 Å². The van der Waals surface area contributed by atoms with Crippen LogP contribution < -0.4 is 0 Å². The summed E-state index contributed by atoms with van der Waals surface area (Å²) in [4.78, 5) is 15.1. The van der Waals surface area contributed by atoms with Crippen LogP contribution >= 0.6 is 0 Å². The van der Waals surface area contributed by atoms with Gasteiger partial charge in [-0.1, -0.05) is 26.0 Å². The Bertz CT molecular complexity index is 569. The zero-order valence-corrected chi connectivity index (χ0v) is 11.2. The molecule has 0 radical (unpaired) electrons. The lowest BCUT2D eigenvalue weighted by Gasteiger charge is -2.01. The Morgan fingerprint density at radius 3 is 2.61 bits per heavy atom. The summed E-state index contributed by atoms with van der Waals surface area (Å²) in [6.07, 6.45) is 1.81. The van der Waals surface area contributed by atoms with E-state index in [4.69, 9.17) is 4.74 Å². The molecule has 1 heterocycles. The average molecular weight is 245 g/mol. The van der Waals surface area contributed by atoms with Gasteiger partial charge in [0, 0.05) is 10.9 Å². The molecule has 3 nitrogen and oxygen atoms in total. The highest BCUT2D eigenvalue weighted by atomic mass is 16.5. The summed E-state index contributed by atoms with van der Waals surface area (Å²) in [5.74, 6) is -0.261. The molecule has 0 saturated heterocycles. The molecule has 0 atom stereocenters. The average Bonchev–Trinajstić information content (AvgIpc) is 2.76. The maximum Gasteiger partial charge on any atom is 0.355 e. The number of aromatic amines is 1. The van der Waals surface area contributed by atoms with Gasteiger partial charge in [-0.05, 0) is 37.0 Å². The van der Waals surface area contributed by atoms with Crippen LogP contribution in [0.4, 0.5) is 0 Å². The number of H-pyrrole nitrogens is 1. The third-order valence-corrected chi connectivity index (χ3v) is 3.21. The van der Waals surface area contributed by atoms with Crippen LogP contribution in [0.15, 0.2) is 18.2 Å². The number of hydrogen-bond acceptors (Lipinski definition) is 2. The first kappa shape index (κ1) is 12.7. The number of fused-ring (bicyclic) bond motifs is 1. The first-order chi connectivity index (χ1) is 8.71. The Balaban J connectivity index is 2.56. The third kappa shape index (κ3) is 2.13. The zero-order valence-electron chi connectivity index (χ0n) is 11.2. The molecular formula is C15H19NO2. The summed E-state index contributed by atoms with van der Waals surface area (Å²) >= 11 is 0. The maximum atomic E-state index is 11.9. The maximum absolute atomic E-state index is 11.9. The monoisotopic (exact) mass is 245 g/mol. The van der Waals surface area contributed by atoms with Crippen molar-refractivity contribution in [1.29, 1.82) is 0 Å². The van der Waals surface area contributed by atoms with Crippen LogP contribution in [0.3, 0.4) is 0 Å². The summed E-state index contributed by atoms with van der Waals surface area (Å²) in [5, 5.41) is 1.12. The lowest BCUT2D eigenvalue weighted by Crippen LogP contribution is -2.07. The molecule has 0 aliphatic carbocycles. The number of hydrogen-bond donors (Lipinski definition) is 1. The van der Waals surface area contributed by atoms with E-state index in [0.29, 0.717) is 12.3 Å². The van der Waals surface area contributed by atoms with Gasteiger partial charge >= 0.3 is 5.97 Å². The van der Waals surface area contributed by atoms with Gasteiger partial charge < -0.3 is 9.72 Å². The Kier molecular flexibility index (Phi) is 3.70. The quantitative estimate of drug-likeness (QED) is 0.838. The minimum Gasteiger partial charge on any atom is -0.461 e. The number of nitrogens with one attached hydrogen (secondary N) is 1. The SMILES string of the molecule is CCOC(=O)c1[nH]c2cc(CC)ccc2c1CC. The normalized spacial score (nSPS) is 10.8. The number of benzene rings is 1. The standard InChI is InChI=1S/C15H19NO2/c1-4-10-7-8-12-11(5-2)14(15(17)18-6-3)16-13(12)9-10/h7-9,16H,4-6H2,1-3H3. The minimum atomic E-state index is -0.261. The molecule has 0 aliphatic heterocycles. The molecule has 18 heavy (non-hydrogen) atoms. The largest absolute Gasteiger partial charge is 0.461 e. The molecule has 0 bridgehead atoms. The Labute approximate surface area is 107 Å². The molecule has 1 aromatic heterocycles. The van der Waals surface area contributed by atoms with Crippen molar-refractivity contribution in [2.45, 2.75) is 33.6 Å². The van der Waals surface area contributed by atoms with Gasteiger partial charge in [-0.25, -0.2) is 4.79 Å². The van der Waals surface area contributed by atoms with Crippen molar-refractivity contribution in [3.63, 3.8) is 0 Å². The van der Waals surface area contributed by atoms with E-state index in [1.807, 2.05) is 6.92 Å². The lowest BCUT2D eigenvalue weighted by molar-refractivity contribution is 0.0519. The molecule has 0 spiro atoms. The van der Waals surface area contributed by atoms with Crippen molar-refractivity contribution in [2.75, 3.05) is 6.61 Å². The molecular weight excluding hydrogens is 226 g/mol. The van der Waals surface area contributed by atoms with Crippen molar-refractivity contribution in [3.05, 3.63) is 35.0 Å². The summed E-state index contributed by atoms with van der Waals surface area (Å²) < 4.78 is 5.09. The van der Waals surface area contributed by atoms with Crippen molar-refractivity contribution in [3.8, 4) is 0 Å². The van der Waals surface area contributed by atoms with Crippen molar-refractivity contribution in [1.82, 2.24) is 4.98 Å². The Morgan fingerprint density at radius 2 is 2.00 bits per heavy atom. The highest BCUT2D eigenvalue weighted by Crippen LogP contribution is 2.25. The van der Waals surface area contributed by atoms with E-state index in [1.54, 1.807) is 0 Å². The van der Waals surface area contributed by atoms with Gasteiger partial charge in [-0.15, -0.1) is 0 Å². The van der Waals surface area contributed by atoms with Crippen LogP contribution in [0.25, 0.3) is 10.9 Å². The minimum absolute atomic E-state index is 0.261. The van der Waals surface area contributed by atoms with Gasteiger partial charge in [0.1, 0.15) is 5.69 Å². The molecule has 2 rings (SSSR count). The van der Waals surface area contributed by atoms with Gasteiger partial charge in [-0.3, -0.25) is 0 Å². The van der Waals surface area contributed by atoms with E-state index >= 15 is 0 Å². The number of carbonyl (C=O) groups excluding carboxylic acids is 1. The molecule has 0 fully saturated rings. The van der Waals surface area contributed by atoms with Gasteiger partial charge in [0.25, 0.3) is 0 Å². The molecule has 1 aromatic carbocycles. The molecule has 0 unspecified atom stereocenters. The number of rotatable bonds is 4. The Morgan fingerprint density at radius 1 is 1.22 bits per heavy atom. The highest BCUT2D eigenvalue weighted by Gasteiger charge is 2.17. The number of aromatic nitrogens is 1. The van der Waals surface area contributed by atoms with Gasteiger partial charge in [0.15, 0.2) is 0 Å². The lowest BCUT2D eigenvalue weighted by atomic mass is 10.1. The van der Waals surface area contributed by atoms with E-state index in [-0.39, 0.29) is 5.97 Å². The smallest absolute Gasteiger partial charge is 0.355 e. The van der Waals surface area contributed by atoms with E-state index in [2.05, 4.69) is 37.0 Å². The first-order valence-corrected chi connectivity index (χ1v) is 6.51. The second-order valence-corrected chi connectivity index (χ2v) is 4.29. The fourth-order valence-corrected chi connectivity index (χ4v) is 2.27. The fourth-order valence-electron chi connectivity index (χ4n) is 2.27.